The van der Waals surface area contributed by atoms with Crippen LogP contribution in [0, 0.1) is 11.6 Å². The minimum atomic E-state index is -1.12. The van der Waals surface area contributed by atoms with Crippen molar-refractivity contribution < 1.29 is 28.2 Å². The number of piperazine rings is 1. The van der Waals surface area contributed by atoms with Gasteiger partial charge in [-0.15, -0.1) is 0 Å². The van der Waals surface area contributed by atoms with Crippen molar-refractivity contribution in [2.45, 2.75) is 26.3 Å². The summed E-state index contributed by atoms with van der Waals surface area (Å²) >= 11 is 6.39. The number of carbonyl (C=O) groups excluding carboxylic acids is 2. The van der Waals surface area contributed by atoms with Crippen LogP contribution < -0.4 is 0 Å². The minimum absolute atomic E-state index is 0.0954. The average molecular weight is 504 g/mol. The van der Waals surface area contributed by atoms with Crippen LogP contribution in [0.2, 0.25) is 5.02 Å². The molecule has 1 saturated heterocycles. The molecule has 7 nitrogen and oxygen atoms in total. The predicted octanol–water partition coefficient (Wildman–Crippen LogP) is 5.23. The quantitative estimate of drug-likeness (QED) is 0.527. The lowest BCUT2D eigenvalue weighted by Gasteiger charge is -2.39. The van der Waals surface area contributed by atoms with Crippen molar-refractivity contribution in [1.29, 1.82) is 0 Å². The van der Waals surface area contributed by atoms with E-state index in [1.54, 1.807) is 28.0 Å². The maximum Gasteiger partial charge on any atom is 0.409 e. The Morgan fingerprint density at radius 1 is 1.17 bits per heavy atom. The first-order chi connectivity index (χ1) is 16.7. The lowest BCUT2D eigenvalue weighted by atomic mass is 10.1. The number of amides is 2. The number of fused-ring (bicyclic) bond motifs is 1. The molecule has 1 fully saturated rings. The van der Waals surface area contributed by atoms with Gasteiger partial charge >= 0.3 is 6.09 Å². The Morgan fingerprint density at radius 2 is 1.89 bits per heavy atom. The smallest absolute Gasteiger partial charge is 0.409 e. The summed E-state index contributed by atoms with van der Waals surface area (Å²) in [5.41, 5.74) is 1.03. The van der Waals surface area contributed by atoms with Crippen LogP contribution in [0.3, 0.4) is 0 Å². The molecule has 1 aliphatic rings. The highest BCUT2D eigenvalue weighted by molar-refractivity contribution is 6.35. The second-order valence-corrected chi connectivity index (χ2v) is 8.82. The molecule has 184 valence electrons. The molecular weight excluding hydrogens is 480 g/mol. The first-order valence-corrected chi connectivity index (χ1v) is 11.6. The molecule has 35 heavy (non-hydrogen) atoms. The zero-order valence-corrected chi connectivity index (χ0v) is 20.0. The van der Waals surface area contributed by atoms with Crippen molar-refractivity contribution >= 4 is 34.5 Å². The number of rotatable bonds is 4. The van der Waals surface area contributed by atoms with Crippen molar-refractivity contribution in [2.75, 3.05) is 26.2 Å². The van der Waals surface area contributed by atoms with Crippen LogP contribution in [-0.2, 0) is 4.74 Å². The predicted molar refractivity (Wildman–Crippen MR) is 127 cm³/mol. The van der Waals surface area contributed by atoms with E-state index in [1.807, 2.05) is 13.8 Å². The SMILES string of the molecule is CCCOC(=O)N1CCN(C(=O)c2ccc3c(Cl)cc(-c4cc(F)c(O)c(F)c4)nc3c2)[C@@H](C)C1. The molecule has 0 saturated carbocycles. The van der Waals surface area contributed by atoms with Gasteiger partial charge in [-0.3, -0.25) is 4.79 Å². The Labute approximate surface area is 205 Å². The number of hydrogen-bond acceptors (Lipinski definition) is 5. The monoisotopic (exact) mass is 503 g/mol. The molecule has 1 aliphatic heterocycles. The fraction of sp³-hybridized carbons (Fsp3) is 0.320. The summed E-state index contributed by atoms with van der Waals surface area (Å²) < 4.78 is 32.9. The number of halogens is 3. The molecule has 2 aromatic carbocycles. The summed E-state index contributed by atoms with van der Waals surface area (Å²) in [7, 11) is 0. The normalized spacial score (nSPS) is 16.0. The topological polar surface area (TPSA) is 83.0 Å². The Bertz CT molecular complexity index is 1280. The van der Waals surface area contributed by atoms with Crippen LogP contribution in [0.15, 0.2) is 36.4 Å². The first kappa shape index (κ1) is 24.7. The van der Waals surface area contributed by atoms with Crippen LogP contribution in [0.25, 0.3) is 22.2 Å². The van der Waals surface area contributed by atoms with Crippen molar-refractivity contribution in [3.8, 4) is 17.0 Å². The van der Waals surface area contributed by atoms with Crippen LogP contribution in [-0.4, -0.2) is 64.2 Å². The molecule has 0 aliphatic carbocycles. The van der Waals surface area contributed by atoms with Crippen molar-refractivity contribution in [3.05, 3.63) is 58.6 Å². The number of benzene rings is 2. The molecule has 0 spiro atoms. The van der Waals surface area contributed by atoms with Crippen molar-refractivity contribution in [2.24, 2.45) is 0 Å². The van der Waals surface area contributed by atoms with Crippen LogP contribution in [0.4, 0.5) is 13.6 Å². The molecule has 10 heteroatoms. The number of carbonyl (C=O) groups is 2. The maximum atomic E-state index is 13.9. The van der Waals surface area contributed by atoms with Crippen LogP contribution >= 0.6 is 11.6 Å². The fourth-order valence-electron chi connectivity index (χ4n) is 4.05. The summed E-state index contributed by atoms with van der Waals surface area (Å²) in [5, 5.41) is 10.2. The van der Waals surface area contributed by atoms with Gasteiger partial charge in [0.1, 0.15) is 0 Å². The molecule has 2 amide bonds. The molecular formula is C25H24ClF2N3O4. The molecule has 0 unspecified atom stereocenters. The number of hydrogen-bond donors (Lipinski definition) is 1. The standard InChI is InChI=1S/C25H24ClF2N3O4/c1-3-8-35-25(34)30-6-7-31(14(2)13-30)24(33)15-4-5-17-18(26)12-21(29-22(17)11-15)16-9-19(27)23(32)20(28)10-16/h4-5,9-12,14,32H,3,6-8,13H2,1-2H3/t14-/m0/s1. The number of aromatic hydroxyl groups is 1. The first-order valence-electron chi connectivity index (χ1n) is 11.2. The minimum Gasteiger partial charge on any atom is -0.503 e. The van der Waals surface area contributed by atoms with E-state index < -0.39 is 17.4 Å². The van der Waals surface area contributed by atoms with E-state index in [-0.39, 0.29) is 29.3 Å². The molecule has 1 atom stereocenters. The van der Waals surface area contributed by atoms with E-state index >= 15 is 0 Å². The zero-order chi connectivity index (χ0) is 25.3. The molecule has 1 N–H and O–H groups in total. The second-order valence-electron chi connectivity index (χ2n) is 8.42. The Morgan fingerprint density at radius 3 is 2.54 bits per heavy atom. The van der Waals surface area contributed by atoms with Gasteiger partial charge in [-0.1, -0.05) is 24.6 Å². The average Bonchev–Trinajstić information content (AvgIpc) is 2.84. The molecule has 4 rings (SSSR count). The fourth-order valence-corrected chi connectivity index (χ4v) is 4.32. The van der Waals surface area contributed by atoms with Gasteiger partial charge in [-0.2, -0.15) is 0 Å². The highest BCUT2D eigenvalue weighted by atomic mass is 35.5. The van der Waals surface area contributed by atoms with Gasteiger partial charge in [0.2, 0.25) is 0 Å². The third kappa shape index (κ3) is 5.00. The van der Waals surface area contributed by atoms with Gasteiger partial charge in [-0.25, -0.2) is 18.6 Å². The summed E-state index contributed by atoms with van der Waals surface area (Å²) in [6.45, 7) is 5.19. The Hall–Kier alpha value is -3.46. The number of phenols is 1. The van der Waals surface area contributed by atoms with E-state index in [9.17, 15) is 23.5 Å². The Balaban J connectivity index is 1.60. The zero-order valence-electron chi connectivity index (χ0n) is 19.2. The number of ether oxygens (including phenoxy) is 1. The molecule has 2 heterocycles. The number of nitrogens with zero attached hydrogens (tertiary/aromatic N) is 3. The molecule has 0 radical (unpaired) electrons. The van der Waals surface area contributed by atoms with Gasteiger partial charge in [0.25, 0.3) is 5.91 Å². The van der Waals surface area contributed by atoms with Crippen molar-refractivity contribution in [1.82, 2.24) is 14.8 Å². The van der Waals surface area contributed by atoms with E-state index in [0.29, 0.717) is 47.7 Å². The van der Waals surface area contributed by atoms with E-state index in [1.165, 1.54) is 6.07 Å². The van der Waals surface area contributed by atoms with Gasteiger partial charge in [-0.05, 0) is 43.7 Å². The number of pyridine rings is 1. The van der Waals surface area contributed by atoms with E-state index in [0.717, 1.165) is 18.6 Å². The highest BCUT2D eigenvalue weighted by Gasteiger charge is 2.31. The molecule has 3 aromatic rings. The maximum absolute atomic E-state index is 13.9. The Kier molecular flexibility index (Phi) is 7.07. The third-order valence-electron chi connectivity index (χ3n) is 5.90. The van der Waals surface area contributed by atoms with E-state index in [4.69, 9.17) is 16.3 Å². The highest BCUT2D eigenvalue weighted by Crippen LogP contribution is 2.32. The van der Waals surface area contributed by atoms with Crippen LogP contribution in [0.1, 0.15) is 30.6 Å². The molecule has 0 bridgehead atoms. The summed E-state index contributed by atoms with van der Waals surface area (Å²) in [6.07, 6.45) is 0.350. The van der Waals surface area contributed by atoms with Gasteiger partial charge in [0, 0.05) is 42.2 Å². The van der Waals surface area contributed by atoms with Gasteiger partial charge < -0.3 is 19.6 Å². The number of phenolic OH excluding ortho intramolecular Hbond substituents is 1. The van der Waals surface area contributed by atoms with Crippen LogP contribution in [0.5, 0.6) is 5.75 Å². The summed E-state index contributed by atoms with van der Waals surface area (Å²) in [6, 6.07) is 8.06. The largest absolute Gasteiger partial charge is 0.503 e. The van der Waals surface area contributed by atoms with Crippen molar-refractivity contribution in [3.63, 3.8) is 0 Å². The summed E-state index contributed by atoms with van der Waals surface area (Å²) in [5.74, 6) is -3.53. The van der Waals surface area contributed by atoms with Gasteiger partial charge in [0.05, 0.1) is 22.8 Å². The number of aromatic nitrogens is 1. The van der Waals surface area contributed by atoms with Gasteiger partial charge in [0.15, 0.2) is 17.4 Å². The summed E-state index contributed by atoms with van der Waals surface area (Å²) in [4.78, 5) is 33.2. The van der Waals surface area contributed by atoms with E-state index in [2.05, 4.69) is 4.98 Å². The second kappa shape index (κ2) is 10.0. The lowest BCUT2D eigenvalue weighted by Crippen LogP contribution is -2.55. The third-order valence-corrected chi connectivity index (χ3v) is 6.21. The molecule has 1 aromatic heterocycles. The lowest BCUT2D eigenvalue weighted by molar-refractivity contribution is 0.0414.